The van der Waals surface area contributed by atoms with E-state index in [4.69, 9.17) is 13.0 Å². The molecule has 1 rings (SSSR count). The van der Waals surface area contributed by atoms with Crippen molar-refractivity contribution in [3.8, 4) is 0 Å². The molecule has 0 spiro atoms. The quantitative estimate of drug-likeness (QED) is 0.0895. The minimum atomic E-state index is -6.09. The van der Waals surface area contributed by atoms with Gasteiger partial charge in [-0.3, -0.25) is 4.79 Å². The summed E-state index contributed by atoms with van der Waals surface area (Å²) < 4.78 is 60.0. The van der Waals surface area contributed by atoms with Crippen molar-refractivity contribution in [2.24, 2.45) is 0 Å². The fraction of sp³-hybridized carbons (Fsp3) is 0.960. The molecule has 0 N–H and O–H groups in total. The lowest BCUT2D eigenvalue weighted by atomic mass is 10.0. The first-order valence-corrected chi connectivity index (χ1v) is 14.7. The Bertz CT molecular complexity index is 614. The summed E-state index contributed by atoms with van der Waals surface area (Å²) in [4.78, 5) is 11.4. The number of quaternary nitrogens is 1. The number of hydrogen-bond acceptors (Lipinski definition) is 4. The van der Waals surface area contributed by atoms with Crippen molar-refractivity contribution < 1.29 is 35.4 Å². The van der Waals surface area contributed by atoms with Gasteiger partial charge in [0.25, 0.3) is 0 Å². The lowest BCUT2D eigenvalue weighted by molar-refractivity contribution is -0.911. The fourth-order valence-corrected chi connectivity index (χ4v) is 4.29. The van der Waals surface area contributed by atoms with Crippen LogP contribution < -0.4 is 0 Å². The van der Waals surface area contributed by atoms with E-state index in [1.165, 1.54) is 109 Å². The average molecular weight is 516 g/mol. The first-order valence-electron chi connectivity index (χ1n) is 13.3. The molecule has 5 nitrogen and oxygen atoms in total. The largest absolute Gasteiger partial charge is 0.741 e. The summed E-state index contributed by atoms with van der Waals surface area (Å²) in [5.74, 6) is 0.479. The van der Waals surface area contributed by atoms with Crippen molar-refractivity contribution in [1.82, 2.24) is 0 Å². The van der Waals surface area contributed by atoms with Gasteiger partial charge in [-0.1, -0.05) is 96.8 Å². The van der Waals surface area contributed by atoms with Crippen LogP contribution in [0, 0.1) is 0 Å². The predicted octanol–water partition coefficient (Wildman–Crippen LogP) is 7.11. The Balaban J connectivity index is 0.00000116. The summed E-state index contributed by atoms with van der Waals surface area (Å²) in [6.45, 7) is 5.74. The summed E-state index contributed by atoms with van der Waals surface area (Å²) in [5, 5.41) is 0. The Morgan fingerprint density at radius 1 is 0.735 bits per heavy atom. The zero-order valence-electron chi connectivity index (χ0n) is 21.5. The van der Waals surface area contributed by atoms with Gasteiger partial charge in [0.2, 0.25) is 0 Å². The maximum absolute atomic E-state index is 11.4. The van der Waals surface area contributed by atoms with E-state index in [0.717, 1.165) is 30.4 Å². The molecule has 0 saturated carbocycles. The molecule has 0 aromatic rings. The molecule has 0 aliphatic carbocycles. The van der Waals surface area contributed by atoms with E-state index in [0.29, 0.717) is 5.78 Å². The SMILES string of the molecule is CCCCCCCCCCCCCCCCCC[N+]1(C)CCC(=O)CC1.O=S(=O)([O-])C(F)(F)F. The van der Waals surface area contributed by atoms with Crippen LogP contribution in [0.5, 0.6) is 0 Å². The number of ketones is 1. The third-order valence-corrected chi connectivity index (χ3v) is 7.26. The predicted molar refractivity (Wildman–Crippen MR) is 130 cm³/mol. The standard InChI is InChI=1S/C24H48NO.CHF3O3S/c1-3-4-5-6-7-8-9-10-11-12-13-14-15-16-17-18-21-25(2)22-19-24(26)20-23-25;2-1(3,4)8(5,6)7/h3-23H2,1-2H3;(H,5,6,7)/q+1;/p-1. The molecule has 1 aliphatic heterocycles. The summed E-state index contributed by atoms with van der Waals surface area (Å²) in [6.07, 6.45) is 24.6. The molecule has 1 aliphatic rings. The molecular formula is C25H48F3NO4S. The molecular weight excluding hydrogens is 467 g/mol. The van der Waals surface area contributed by atoms with E-state index >= 15 is 0 Å². The van der Waals surface area contributed by atoms with Crippen LogP contribution in [0.3, 0.4) is 0 Å². The molecule has 204 valence electrons. The minimum Gasteiger partial charge on any atom is -0.741 e. The highest BCUT2D eigenvalue weighted by molar-refractivity contribution is 7.86. The molecule has 0 radical (unpaired) electrons. The number of hydrogen-bond donors (Lipinski definition) is 0. The lowest BCUT2D eigenvalue weighted by Crippen LogP contribution is -2.50. The van der Waals surface area contributed by atoms with Crippen molar-refractivity contribution in [2.45, 2.75) is 128 Å². The van der Waals surface area contributed by atoms with Gasteiger partial charge < -0.3 is 9.04 Å². The third-order valence-electron chi connectivity index (χ3n) is 6.70. The van der Waals surface area contributed by atoms with Crippen molar-refractivity contribution in [2.75, 3.05) is 26.7 Å². The number of carbonyl (C=O) groups excluding carboxylic acids is 1. The molecule has 0 amide bonds. The molecule has 0 aromatic carbocycles. The van der Waals surface area contributed by atoms with Crippen molar-refractivity contribution in [3.05, 3.63) is 0 Å². The first-order chi connectivity index (χ1) is 15.9. The Hall–Kier alpha value is -0.670. The second-order valence-corrected chi connectivity index (χ2v) is 11.4. The molecule has 1 saturated heterocycles. The molecule has 1 heterocycles. The Kier molecular flexibility index (Phi) is 18.2. The number of Topliss-reactive ketones (excluding diaryl/α,β-unsaturated/α-hetero) is 1. The highest BCUT2D eigenvalue weighted by Crippen LogP contribution is 2.20. The molecule has 0 unspecified atom stereocenters. The van der Waals surface area contributed by atoms with Crippen LogP contribution >= 0.6 is 0 Å². The number of nitrogens with zero attached hydrogens (tertiary/aromatic N) is 1. The van der Waals surface area contributed by atoms with E-state index in [2.05, 4.69) is 14.0 Å². The van der Waals surface area contributed by atoms with E-state index in [9.17, 15) is 18.0 Å². The topological polar surface area (TPSA) is 74.3 Å². The minimum absolute atomic E-state index is 0.479. The highest BCUT2D eigenvalue weighted by atomic mass is 32.2. The number of halogens is 3. The summed E-state index contributed by atoms with van der Waals surface area (Å²) in [7, 11) is -3.75. The van der Waals surface area contributed by atoms with Crippen molar-refractivity contribution in [3.63, 3.8) is 0 Å². The average Bonchev–Trinajstić information content (AvgIpc) is 2.75. The Morgan fingerprint density at radius 3 is 1.32 bits per heavy atom. The van der Waals surface area contributed by atoms with Gasteiger partial charge in [0.15, 0.2) is 10.1 Å². The van der Waals surface area contributed by atoms with Crippen LogP contribution in [0.15, 0.2) is 0 Å². The van der Waals surface area contributed by atoms with Gasteiger partial charge in [-0.05, 0) is 12.8 Å². The molecule has 1 fully saturated rings. The number of carbonyl (C=O) groups is 1. The first kappa shape index (κ1) is 33.3. The van der Waals surface area contributed by atoms with E-state index < -0.39 is 15.6 Å². The van der Waals surface area contributed by atoms with Gasteiger partial charge in [-0.2, -0.15) is 13.2 Å². The van der Waals surface area contributed by atoms with Gasteiger partial charge >= 0.3 is 5.51 Å². The molecule has 0 atom stereocenters. The van der Waals surface area contributed by atoms with Gasteiger partial charge in [-0.25, -0.2) is 8.42 Å². The Labute approximate surface area is 206 Å². The number of unbranched alkanes of at least 4 members (excludes halogenated alkanes) is 15. The number of alkyl halides is 3. The highest BCUT2D eigenvalue weighted by Gasteiger charge is 2.37. The maximum Gasteiger partial charge on any atom is 0.485 e. The van der Waals surface area contributed by atoms with Crippen LogP contribution in [0.2, 0.25) is 0 Å². The number of likely N-dealkylation sites (tertiary alicyclic amines) is 1. The van der Waals surface area contributed by atoms with E-state index in [1.807, 2.05) is 0 Å². The number of rotatable bonds is 17. The monoisotopic (exact) mass is 515 g/mol. The van der Waals surface area contributed by atoms with E-state index in [-0.39, 0.29) is 0 Å². The van der Waals surface area contributed by atoms with Crippen LogP contribution in [-0.2, 0) is 14.9 Å². The summed E-state index contributed by atoms with van der Waals surface area (Å²) >= 11 is 0. The van der Waals surface area contributed by atoms with Crippen LogP contribution in [0.25, 0.3) is 0 Å². The van der Waals surface area contributed by atoms with Gasteiger partial charge in [0.1, 0.15) is 5.78 Å². The van der Waals surface area contributed by atoms with Crippen LogP contribution in [0.1, 0.15) is 122 Å². The fourth-order valence-electron chi connectivity index (χ4n) is 4.29. The summed E-state index contributed by atoms with van der Waals surface area (Å²) in [6, 6.07) is 0. The van der Waals surface area contributed by atoms with Gasteiger partial charge in [-0.15, -0.1) is 0 Å². The van der Waals surface area contributed by atoms with Gasteiger partial charge in [0, 0.05) is 0 Å². The molecule has 0 bridgehead atoms. The third kappa shape index (κ3) is 18.6. The summed E-state index contributed by atoms with van der Waals surface area (Å²) in [5.41, 5.74) is -5.65. The van der Waals surface area contributed by atoms with Crippen LogP contribution in [-0.4, -0.2) is 55.4 Å². The molecule has 0 aromatic heterocycles. The lowest BCUT2D eigenvalue weighted by Gasteiger charge is -2.37. The molecule has 34 heavy (non-hydrogen) atoms. The zero-order chi connectivity index (χ0) is 25.9. The second-order valence-electron chi connectivity index (χ2n) is 10.0. The van der Waals surface area contributed by atoms with E-state index in [1.54, 1.807) is 0 Å². The zero-order valence-corrected chi connectivity index (χ0v) is 22.3. The Morgan fingerprint density at radius 2 is 1.03 bits per heavy atom. The molecule has 9 heteroatoms. The van der Waals surface area contributed by atoms with Crippen LogP contribution in [0.4, 0.5) is 13.2 Å². The maximum atomic E-state index is 11.4. The van der Waals surface area contributed by atoms with Gasteiger partial charge in [0.05, 0.1) is 39.5 Å². The second kappa shape index (κ2) is 18.6. The normalized spacial score (nSPS) is 16.2. The number of piperidine rings is 1. The van der Waals surface area contributed by atoms with Crippen molar-refractivity contribution in [1.29, 1.82) is 0 Å². The van der Waals surface area contributed by atoms with Crippen molar-refractivity contribution >= 4 is 15.9 Å². The smallest absolute Gasteiger partial charge is 0.485 e.